The number of hydrogen-bond acceptors (Lipinski definition) is 13. The zero-order chi connectivity index (χ0) is 64.5. The van der Waals surface area contributed by atoms with Crippen molar-refractivity contribution in [2.45, 2.75) is 338 Å². The first kappa shape index (κ1) is 81.7. The number of aliphatic hydroxyl groups excluding tert-OH is 8. The number of unbranched alkanes of at least 4 members (excludes halogenated alkanes) is 28. The SMILES string of the molecule is CC/C=C\C/C=C\C/C=C\C/C=C\C/C=C\C/C=C\CCCCCCCCCCCCCCC(=O)NC(COC1OC(CO)C(OC2OC(CO)C(O)C(O)C2O)C(O)C1O)C(O)/C=C/CC/C=C/CC/C=C/CCCCCCCCCCCCCCCC. The summed E-state index contributed by atoms with van der Waals surface area (Å²) in [7, 11) is 0. The lowest BCUT2D eigenvalue weighted by molar-refractivity contribution is -0.359. The van der Waals surface area contributed by atoms with Crippen LogP contribution in [0.1, 0.15) is 264 Å². The first-order valence-electron chi connectivity index (χ1n) is 35.6. The largest absolute Gasteiger partial charge is 0.394 e. The van der Waals surface area contributed by atoms with Crippen molar-refractivity contribution >= 4 is 5.91 Å². The van der Waals surface area contributed by atoms with E-state index in [2.05, 4.69) is 116 Å². The fraction of sp³-hybridized carbons (Fsp3) is 0.747. The molecule has 9 N–H and O–H groups in total. The van der Waals surface area contributed by atoms with Gasteiger partial charge in [0, 0.05) is 6.42 Å². The molecule has 0 aromatic rings. The molecule has 512 valence electrons. The molecule has 2 fully saturated rings. The van der Waals surface area contributed by atoms with Crippen molar-refractivity contribution in [3.8, 4) is 0 Å². The summed E-state index contributed by atoms with van der Waals surface area (Å²) in [6.45, 7) is 2.67. The average Bonchev–Trinajstić information content (AvgIpc) is 2.53. The molecule has 0 aromatic carbocycles. The van der Waals surface area contributed by atoms with Crippen LogP contribution in [0.3, 0.4) is 0 Å². The molecule has 14 nitrogen and oxygen atoms in total. The van der Waals surface area contributed by atoms with E-state index >= 15 is 0 Å². The summed E-state index contributed by atoms with van der Waals surface area (Å²) in [5, 5.41) is 87.4. The normalized spacial score (nSPS) is 23.7. The van der Waals surface area contributed by atoms with Crippen LogP contribution in [0.5, 0.6) is 0 Å². The minimum Gasteiger partial charge on any atom is -0.394 e. The minimum absolute atomic E-state index is 0.258. The van der Waals surface area contributed by atoms with Crippen molar-refractivity contribution in [1.29, 1.82) is 0 Å². The van der Waals surface area contributed by atoms with E-state index in [1.165, 1.54) is 141 Å². The van der Waals surface area contributed by atoms with Gasteiger partial charge in [0.1, 0.15) is 48.8 Å². The number of amides is 1. The zero-order valence-corrected chi connectivity index (χ0v) is 55.6. The summed E-state index contributed by atoms with van der Waals surface area (Å²) in [5.41, 5.74) is 0. The van der Waals surface area contributed by atoms with E-state index in [1.807, 2.05) is 6.08 Å². The second-order valence-corrected chi connectivity index (χ2v) is 24.6. The number of rotatable bonds is 57. The molecule has 2 aliphatic heterocycles. The molecule has 2 aliphatic rings. The van der Waals surface area contributed by atoms with Gasteiger partial charge in [-0.15, -0.1) is 0 Å². The van der Waals surface area contributed by atoms with Gasteiger partial charge in [0.2, 0.25) is 5.91 Å². The van der Waals surface area contributed by atoms with Crippen molar-refractivity contribution in [3.05, 3.63) is 109 Å². The van der Waals surface area contributed by atoms with E-state index < -0.39 is 86.8 Å². The van der Waals surface area contributed by atoms with E-state index in [9.17, 15) is 45.6 Å². The first-order valence-corrected chi connectivity index (χ1v) is 35.6. The number of ether oxygens (including phenoxy) is 4. The predicted octanol–water partition coefficient (Wildman–Crippen LogP) is 14.7. The quantitative estimate of drug-likeness (QED) is 0.0204. The molecule has 0 saturated carbocycles. The van der Waals surface area contributed by atoms with E-state index in [0.29, 0.717) is 12.8 Å². The molecule has 2 rings (SSSR count). The molecule has 0 radical (unpaired) electrons. The Labute approximate surface area is 540 Å². The third-order valence-electron chi connectivity index (χ3n) is 16.7. The van der Waals surface area contributed by atoms with Crippen LogP contribution in [-0.4, -0.2) is 140 Å². The highest BCUT2D eigenvalue weighted by Crippen LogP contribution is 2.30. The van der Waals surface area contributed by atoms with Gasteiger partial charge in [0.15, 0.2) is 12.6 Å². The van der Waals surface area contributed by atoms with Crippen LogP contribution < -0.4 is 5.32 Å². The lowest BCUT2D eigenvalue weighted by atomic mass is 9.97. The van der Waals surface area contributed by atoms with E-state index in [4.69, 9.17) is 18.9 Å². The number of allylic oxidation sites excluding steroid dienone is 17. The minimum atomic E-state index is -1.80. The predicted molar refractivity (Wildman–Crippen MR) is 364 cm³/mol. The summed E-state index contributed by atoms with van der Waals surface area (Å²) in [6, 6.07) is -0.947. The van der Waals surface area contributed by atoms with Crippen LogP contribution in [0.2, 0.25) is 0 Å². The summed E-state index contributed by atoms with van der Waals surface area (Å²) in [6.07, 6.45) is 67.1. The van der Waals surface area contributed by atoms with E-state index in [0.717, 1.165) is 89.9 Å². The Kier molecular flexibility index (Phi) is 53.7. The summed E-state index contributed by atoms with van der Waals surface area (Å²) < 4.78 is 22.8. The van der Waals surface area contributed by atoms with Crippen LogP contribution >= 0.6 is 0 Å². The molecule has 89 heavy (non-hydrogen) atoms. The summed E-state index contributed by atoms with van der Waals surface area (Å²) in [5.74, 6) is -0.258. The molecule has 1 amide bonds. The molecular weight excluding hydrogens is 1120 g/mol. The van der Waals surface area contributed by atoms with Gasteiger partial charge in [-0.05, 0) is 96.3 Å². The average molecular weight is 1250 g/mol. The van der Waals surface area contributed by atoms with Gasteiger partial charge in [-0.3, -0.25) is 4.79 Å². The van der Waals surface area contributed by atoms with Gasteiger partial charge in [-0.1, -0.05) is 271 Å². The van der Waals surface area contributed by atoms with Crippen molar-refractivity contribution in [1.82, 2.24) is 5.32 Å². The molecule has 14 heteroatoms. The monoisotopic (exact) mass is 1250 g/mol. The van der Waals surface area contributed by atoms with Crippen LogP contribution in [0, 0.1) is 0 Å². The topological polar surface area (TPSA) is 228 Å². The summed E-state index contributed by atoms with van der Waals surface area (Å²) in [4.78, 5) is 13.3. The third kappa shape index (κ3) is 42.5. The van der Waals surface area contributed by atoms with E-state index in [1.54, 1.807) is 6.08 Å². The van der Waals surface area contributed by atoms with Crippen LogP contribution in [0.15, 0.2) is 109 Å². The number of carbonyl (C=O) groups excluding carboxylic acids is 1. The van der Waals surface area contributed by atoms with Crippen molar-refractivity contribution < 1.29 is 64.6 Å². The highest BCUT2D eigenvalue weighted by atomic mass is 16.7. The Bertz CT molecular complexity index is 1910. The Balaban J connectivity index is 1.70. The van der Waals surface area contributed by atoms with Crippen molar-refractivity contribution in [2.75, 3.05) is 19.8 Å². The van der Waals surface area contributed by atoms with Crippen molar-refractivity contribution in [3.63, 3.8) is 0 Å². The number of nitrogens with one attached hydrogen (secondary N) is 1. The first-order chi connectivity index (χ1) is 43.6. The molecular formula is C75H129NO13. The molecule has 2 heterocycles. The fourth-order valence-electron chi connectivity index (χ4n) is 11.0. The summed E-state index contributed by atoms with van der Waals surface area (Å²) >= 11 is 0. The molecule has 0 aromatic heterocycles. The van der Waals surface area contributed by atoms with E-state index in [-0.39, 0.29) is 18.9 Å². The lowest BCUT2D eigenvalue weighted by Gasteiger charge is -2.46. The zero-order valence-electron chi connectivity index (χ0n) is 55.6. The lowest BCUT2D eigenvalue weighted by Crippen LogP contribution is -2.65. The number of hydrogen-bond donors (Lipinski definition) is 9. The van der Waals surface area contributed by atoms with Gasteiger partial charge < -0.3 is 65.1 Å². The van der Waals surface area contributed by atoms with Crippen LogP contribution in [-0.2, 0) is 23.7 Å². The fourth-order valence-corrected chi connectivity index (χ4v) is 11.0. The van der Waals surface area contributed by atoms with Gasteiger partial charge in [0.25, 0.3) is 0 Å². The van der Waals surface area contributed by atoms with Crippen LogP contribution in [0.4, 0.5) is 0 Å². The standard InChI is InChI=1S/C75H129NO13/c1-3-5-7-9-11-13-15-17-19-21-23-25-27-29-30-31-32-33-34-35-37-39-41-43-45-47-49-51-53-55-57-59-67(80)76-63(62-86-74-72(85)70(83)73(66(61-78)88-74)89-75-71(84)69(82)68(81)65(60-77)87-75)64(79)58-56-54-52-50-48-46-44-42-40-38-36-28-26-24-22-20-18-16-14-12-10-8-6-4-2/h5,7,11,13,17,19,23,25,29-30,32-33,40,42,48,50,56,58,63-66,68-75,77-79,81-85H,3-4,6,8-10,12,14-16,18,20-22,24,26-28,31,34-39,41,43-47,49,51-55,57,59-62H2,1-2H3,(H,76,80)/b7-5-,13-11-,19-17-,25-23-,30-29-,33-32-,42-40+,50-48+,58-56+. The number of aliphatic hydroxyl groups is 8. The molecule has 12 atom stereocenters. The number of carbonyl (C=O) groups is 1. The van der Waals surface area contributed by atoms with Crippen molar-refractivity contribution in [2.24, 2.45) is 0 Å². The third-order valence-corrected chi connectivity index (χ3v) is 16.7. The van der Waals surface area contributed by atoms with Gasteiger partial charge in [0.05, 0.1) is 32.0 Å². The van der Waals surface area contributed by atoms with Gasteiger partial charge in [-0.2, -0.15) is 0 Å². The highest BCUT2D eigenvalue weighted by molar-refractivity contribution is 5.76. The van der Waals surface area contributed by atoms with Crippen LogP contribution in [0.25, 0.3) is 0 Å². The maximum absolute atomic E-state index is 13.3. The molecule has 12 unspecified atom stereocenters. The Hall–Kier alpha value is -3.35. The Morgan fingerprint density at radius 2 is 0.787 bits per heavy atom. The molecule has 0 bridgehead atoms. The maximum Gasteiger partial charge on any atom is 0.220 e. The highest BCUT2D eigenvalue weighted by Gasteiger charge is 2.51. The van der Waals surface area contributed by atoms with Gasteiger partial charge >= 0.3 is 0 Å². The smallest absolute Gasteiger partial charge is 0.220 e. The molecule has 0 spiro atoms. The second kappa shape index (κ2) is 58.5. The maximum atomic E-state index is 13.3. The molecule has 2 saturated heterocycles. The Morgan fingerprint density at radius 3 is 1.24 bits per heavy atom. The van der Waals surface area contributed by atoms with Gasteiger partial charge in [-0.25, -0.2) is 0 Å². The second-order valence-electron chi connectivity index (χ2n) is 24.6. The molecule has 0 aliphatic carbocycles. The Morgan fingerprint density at radius 1 is 0.416 bits per heavy atom.